The molecule has 1 amide bonds. The predicted octanol–water partition coefficient (Wildman–Crippen LogP) is 3.46. The molecular weight excluding hydrogens is 284 g/mol. The lowest BCUT2D eigenvalue weighted by Crippen LogP contribution is -2.24. The van der Waals surface area contributed by atoms with Crippen LogP contribution < -0.4 is 5.32 Å². The Morgan fingerprint density at radius 3 is 2.71 bits per heavy atom. The van der Waals surface area contributed by atoms with E-state index in [1.165, 1.54) is 5.56 Å². The summed E-state index contributed by atoms with van der Waals surface area (Å²) in [6, 6.07) is 11.7. The molecule has 0 bridgehead atoms. The first-order chi connectivity index (χ1) is 10.1. The second-order valence-corrected chi connectivity index (χ2v) is 5.96. The van der Waals surface area contributed by atoms with E-state index in [1.54, 1.807) is 6.20 Å². The zero-order valence-corrected chi connectivity index (χ0v) is 12.6. The summed E-state index contributed by atoms with van der Waals surface area (Å²) in [6.45, 7) is 2.49. The van der Waals surface area contributed by atoms with Crippen LogP contribution in [0.5, 0.6) is 0 Å². The Bertz CT molecular complexity index is 637. The lowest BCUT2D eigenvalue weighted by molar-refractivity contribution is -0.122. The topological polar surface area (TPSA) is 42.0 Å². The number of hydrogen-bond acceptors (Lipinski definition) is 2. The summed E-state index contributed by atoms with van der Waals surface area (Å²) in [6.07, 6.45) is 2.72. The normalized spacial score (nSPS) is 20.1. The highest BCUT2D eigenvalue weighted by Gasteiger charge is 2.43. The molecule has 2 atom stereocenters. The van der Waals surface area contributed by atoms with Crippen LogP contribution in [0.3, 0.4) is 0 Å². The van der Waals surface area contributed by atoms with Crippen LogP contribution >= 0.6 is 11.6 Å². The molecule has 0 aliphatic heterocycles. The van der Waals surface area contributed by atoms with Gasteiger partial charge in [0, 0.05) is 29.4 Å². The van der Waals surface area contributed by atoms with Gasteiger partial charge in [0.15, 0.2) is 0 Å². The Labute approximate surface area is 129 Å². The molecule has 0 spiro atoms. The van der Waals surface area contributed by atoms with Crippen LogP contribution in [-0.4, -0.2) is 10.9 Å². The van der Waals surface area contributed by atoms with Crippen molar-refractivity contribution in [1.82, 2.24) is 10.3 Å². The third-order valence-electron chi connectivity index (χ3n) is 3.86. The minimum Gasteiger partial charge on any atom is -0.352 e. The number of carbonyl (C=O) groups is 1. The maximum atomic E-state index is 12.1. The summed E-state index contributed by atoms with van der Waals surface area (Å²) in [5.74, 6) is 0.540. The van der Waals surface area contributed by atoms with Crippen molar-refractivity contribution in [1.29, 1.82) is 0 Å². The van der Waals surface area contributed by atoms with Gasteiger partial charge in [-0.3, -0.25) is 9.78 Å². The largest absolute Gasteiger partial charge is 0.352 e. The fourth-order valence-corrected chi connectivity index (χ4v) is 2.61. The predicted molar refractivity (Wildman–Crippen MR) is 83.1 cm³/mol. The van der Waals surface area contributed by atoms with Crippen molar-refractivity contribution < 1.29 is 4.79 Å². The number of rotatable bonds is 4. The van der Waals surface area contributed by atoms with Crippen LogP contribution in [0.4, 0.5) is 0 Å². The van der Waals surface area contributed by atoms with E-state index in [4.69, 9.17) is 11.6 Å². The molecule has 1 heterocycles. The maximum absolute atomic E-state index is 12.1. The quantitative estimate of drug-likeness (QED) is 0.939. The highest BCUT2D eigenvalue weighted by atomic mass is 35.5. The van der Waals surface area contributed by atoms with E-state index in [-0.39, 0.29) is 11.8 Å². The first-order valence-corrected chi connectivity index (χ1v) is 7.46. The van der Waals surface area contributed by atoms with Crippen LogP contribution in [0.15, 0.2) is 42.6 Å². The van der Waals surface area contributed by atoms with Gasteiger partial charge in [-0.25, -0.2) is 0 Å². The number of pyridine rings is 1. The first-order valence-electron chi connectivity index (χ1n) is 7.08. The highest BCUT2D eigenvalue weighted by molar-refractivity contribution is 6.30. The van der Waals surface area contributed by atoms with Gasteiger partial charge in [-0.1, -0.05) is 29.8 Å². The second kappa shape index (κ2) is 5.86. The number of hydrogen-bond donors (Lipinski definition) is 1. The van der Waals surface area contributed by atoms with Crippen molar-refractivity contribution in [2.75, 3.05) is 0 Å². The molecular formula is C17H17ClN2O. The Morgan fingerprint density at radius 1 is 1.29 bits per heavy atom. The van der Waals surface area contributed by atoms with Crippen molar-refractivity contribution >= 4 is 17.5 Å². The fraction of sp³-hybridized carbons (Fsp3) is 0.294. The van der Waals surface area contributed by atoms with Crippen molar-refractivity contribution in [2.24, 2.45) is 5.92 Å². The molecule has 1 aromatic carbocycles. The van der Waals surface area contributed by atoms with Gasteiger partial charge in [-0.05, 0) is 48.6 Å². The standard InChI is InChI=1S/C17H17ClN2O/c1-11-2-3-12(9-19-11)10-20-17(21)16-8-15(16)13-4-6-14(18)7-5-13/h2-7,9,15-16H,8,10H2,1H3,(H,20,21). The Hall–Kier alpha value is -1.87. The minimum atomic E-state index is 0.0876. The summed E-state index contributed by atoms with van der Waals surface area (Å²) in [4.78, 5) is 16.4. The van der Waals surface area contributed by atoms with E-state index in [0.717, 1.165) is 22.7 Å². The van der Waals surface area contributed by atoms with Crippen molar-refractivity contribution in [3.63, 3.8) is 0 Å². The van der Waals surface area contributed by atoms with Crippen LogP contribution in [0, 0.1) is 12.8 Å². The van der Waals surface area contributed by atoms with E-state index in [1.807, 2.05) is 43.3 Å². The molecule has 3 nitrogen and oxygen atoms in total. The lowest BCUT2D eigenvalue weighted by Gasteiger charge is -2.05. The lowest BCUT2D eigenvalue weighted by atomic mass is 10.1. The third kappa shape index (κ3) is 3.42. The van der Waals surface area contributed by atoms with Crippen molar-refractivity contribution in [3.8, 4) is 0 Å². The van der Waals surface area contributed by atoms with Gasteiger partial charge in [0.25, 0.3) is 0 Å². The molecule has 3 rings (SSSR count). The molecule has 0 radical (unpaired) electrons. The van der Waals surface area contributed by atoms with E-state index in [2.05, 4.69) is 10.3 Å². The zero-order valence-electron chi connectivity index (χ0n) is 11.8. The van der Waals surface area contributed by atoms with Gasteiger partial charge in [-0.2, -0.15) is 0 Å². The van der Waals surface area contributed by atoms with Gasteiger partial charge in [-0.15, -0.1) is 0 Å². The van der Waals surface area contributed by atoms with E-state index in [0.29, 0.717) is 12.5 Å². The van der Waals surface area contributed by atoms with Crippen LogP contribution in [0.1, 0.15) is 29.2 Å². The first kappa shape index (κ1) is 14.1. The molecule has 2 unspecified atom stereocenters. The van der Waals surface area contributed by atoms with Crippen LogP contribution in [0.2, 0.25) is 5.02 Å². The third-order valence-corrected chi connectivity index (χ3v) is 4.12. The van der Waals surface area contributed by atoms with Crippen molar-refractivity contribution in [2.45, 2.75) is 25.8 Å². The van der Waals surface area contributed by atoms with Gasteiger partial charge < -0.3 is 5.32 Å². The number of benzene rings is 1. The molecule has 1 aliphatic carbocycles. The summed E-state index contributed by atoms with van der Waals surface area (Å²) in [7, 11) is 0. The number of carbonyl (C=O) groups excluding carboxylic acids is 1. The molecule has 4 heteroatoms. The zero-order chi connectivity index (χ0) is 14.8. The molecule has 2 aromatic rings. The van der Waals surface area contributed by atoms with Crippen molar-refractivity contribution in [3.05, 3.63) is 64.4 Å². The molecule has 1 fully saturated rings. The SMILES string of the molecule is Cc1ccc(CNC(=O)C2CC2c2ccc(Cl)cc2)cn1. The van der Waals surface area contributed by atoms with Gasteiger partial charge in [0.2, 0.25) is 5.91 Å². The van der Waals surface area contributed by atoms with Crippen LogP contribution in [0.25, 0.3) is 0 Å². The summed E-state index contributed by atoms with van der Waals surface area (Å²) in [5, 5.41) is 3.72. The highest BCUT2D eigenvalue weighted by Crippen LogP contribution is 2.47. The number of aromatic nitrogens is 1. The number of aryl methyl sites for hydroxylation is 1. The molecule has 1 N–H and O–H groups in total. The number of nitrogens with one attached hydrogen (secondary N) is 1. The number of amides is 1. The molecule has 1 aromatic heterocycles. The minimum absolute atomic E-state index is 0.0876. The molecule has 1 aliphatic rings. The smallest absolute Gasteiger partial charge is 0.224 e. The second-order valence-electron chi connectivity index (χ2n) is 5.53. The summed E-state index contributed by atoms with van der Waals surface area (Å²) >= 11 is 5.88. The maximum Gasteiger partial charge on any atom is 0.224 e. The average molecular weight is 301 g/mol. The molecule has 108 valence electrons. The van der Waals surface area contributed by atoms with E-state index in [9.17, 15) is 4.79 Å². The van der Waals surface area contributed by atoms with E-state index >= 15 is 0 Å². The van der Waals surface area contributed by atoms with E-state index < -0.39 is 0 Å². The number of nitrogens with zero attached hydrogens (tertiary/aromatic N) is 1. The summed E-state index contributed by atoms with van der Waals surface area (Å²) < 4.78 is 0. The Balaban J connectivity index is 1.53. The summed E-state index contributed by atoms with van der Waals surface area (Å²) in [5.41, 5.74) is 3.20. The Kier molecular flexibility index (Phi) is 3.93. The monoisotopic (exact) mass is 300 g/mol. The van der Waals surface area contributed by atoms with Gasteiger partial charge >= 0.3 is 0 Å². The molecule has 1 saturated carbocycles. The number of halogens is 1. The van der Waals surface area contributed by atoms with Crippen LogP contribution in [-0.2, 0) is 11.3 Å². The molecule has 21 heavy (non-hydrogen) atoms. The average Bonchev–Trinajstić information content (AvgIpc) is 3.28. The van der Waals surface area contributed by atoms with Gasteiger partial charge in [0.05, 0.1) is 0 Å². The fourth-order valence-electron chi connectivity index (χ4n) is 2.49. The Morgan fingerprint density at radius 2 is 2.05 bits per heavy atom. The molecule has 0 saturated heterocycles. The van der Waals surface area contributed by atoms with Gasteiger partial charge in [0.1, 0.15) is 0 Å².